The number of rotatable bonds is 7. The first kappa shape index (κ1) is 18.7. The Labute approximate surface area is 157 Å². The van der Waals surface area contributed by atoms with Gasteiger partial charge in [0.2, 0.25) is 0 Å². The molecule has 1 heterocycles. The van der Waals surface area contributed by atoms with Gasteiger partial charge in [0.15, 0.2) is 0 Å². The Morgan fingerprint density at radius 3 is 2.46 bits per heavy atom. The molecule has 0 atom stereocenters. The van der Waals surface area contributed by atoms with Crippen molar-refractivity contribution in [1.82, 2.24) is 9.88 Å². The van der Waals surface area contributed by atoms with Crippen molar-refractivity contribution in [3.8, 4) is 17.0 Å². The smallest absolute Gasteiger partial charge is 0.124 e. The van der Waals surface area contributed by atoms with Crippen LogP contribution in [0.1, 0.15) is 45.2 Å². The molecule has 1 aromatic heterocycles. The summed E-state index contributed by atoms with van der Waals surface area (Å²) in [6.07, 6.45) is 3.34. The highest BCUT2D eigenvalue weighted by molar-refractivity contribution is 5.69. The molecule has 0 fully saturated rings. The van der Waals surface area contributed by atoms with Gasteiger partial charge in [-0.1, -0.05) is 6.07 Å². The van der Waals surface area contributed by atoms with Gasteiger partial charge in [0, 0.05) is 24.2 Å². The summed E-state index contributed by atoms with van der Waals surface area (Å²) >= 11 is 0. The van der Waals surface area contributed by atoms with E-state index in [-0.39, 0.29) is 0 Å². The molecule has 0 aliphatic heterocycles. The highest BCUT2D eigenvalue weighted by atomic mass is 16.5. The lowest BCUT2D eigenvalue weighted by atomic mass is 9.99. The minimum atomic E-state index is 0.529. The van der Waals surface area contributed by atoms with Crippen LogP contribution >= 0.6 is 0 Å². The number of pyridine rings is 1. The van der Waals surface area contributed by atoms with Crippen LogP contribution in [0.4, 0.5) is 5.82 Å². The van der Waals surface area contributed by atoms with Crippen molar-refractivity contribution >= 4 is 5.82 Å². The van der Waals surface area contributed by atoms with E-state index in [2.05, 4.69) is 49.7 Å². The first-order valence-corrected chi connectivity index (χ1v) is 9.73. The van der Waals surface area contributed by atoms with Crippen molar-refractivity contribution in [2.24, 2.45) is 0 Å². The van der Waals surface area contributed by atoms with Crippen LogP contribution in [0, 0.1) is 0 Å². The summed E-state index contributed by atoms with van der Waals surface area (Å²) in [5.74, 6) is 1.61. The third-order valence-corrected chi connectivity index (χ3v) is 5.22. The Bertz CT molecular complexity index is 747. The van der Waals surface area contributed by atoms with Crippen molar-refractivity contribution in [3.63, 3.8) is 0 Å². The van der Waals surface area contributed by atoms with Crippen LogP contribution in [-0.2, 0) is 12.8 Å². The third kappa shape index (κ3) is 4.01. The molecular formula is C22H31N3O. The molecule has 140 valence electrons. The quantitative estimate of drug-likeness (QED) is 0.805. The second kappa shape index (κ2) is 8.09. The number of fused-ring (bicyclic) bond motifs is 1. The monoisotopic (exact) mass is 353 g/mol. The summed E-state index contributed by atoms with van der Waals surface area (Å²) in [6.45, 7) is 10.6. The molecule has 2 aromatic rings. The molecule has 0 amide bonds. The summed E-state index contributed by atoms with van der Waals surface area (Å²) in [7, 11) is 0. The minimum absolute atomic E-state index is 0.529. The van der Waals surface area contributed by atoms with E-state index in [0.29, 0.717) is 17.9 Å². The van der Waals surface area contributed by atoms with Gasteiger partial charge in [0.1, 0.15) is 18.2 Å². The highest BCUT2D eigenvalue weighted by Crippen LogP contribution is 2.37. The molecule has 0 bridgehead atoms. The second-order valence-corrected chi connectivity index (χ2v) is 7.64. The first-order chi connectivity index (χ1) is 12.5. The van der Waals surface area contributed by atoms with Gasteiger partial charge in [-0.05, 0) is 82.3 Å². The third-order valence-electron chi connectivity index (χ3n) is 5.22. The van der Waals surface area contributed by atoms with E-state index < -0.39 is 0 Å². The van der Waals surface area contributed by atoms with E-state index in [4.69, 9.17) is 10.5 Å². The number of nitrogens with two attached hydrogens (primary N) is 1. The Morgan fingerprint density at radius 1 is 1.04 bits per heavy atom. The normalized spacial score (nSPS) is 13.7. The van der Waals surface area contributed by atoms with Gasteiger partial charge in [-0.15, -0.1) is 0 Å². The van der Waals surface area contributed by atoms with Gasteiger partial charge < -0.3 is 10.5 Å². The summed E-state index contributed by atoms with van der Waals surface area (Å²) in [5.41, 5.74) is 10.8. The SMILES string of the molecule is CC(C)N(CCOc1ccc(-c2cccc(N)n2)c2c1CCC2)C(C)C. The zero-order valence-electron chi connectivity index (χ0n) is 16.5. The predicted octanol–water partition coefficient (Wildman–Crippen LogP) is 4.32. The maximum Gasteiger partial charge on any atom is 0.124 e. The van der Waals surface area contributed by atoms with Gasteiger partial charge >= 0.3 is 0 Å². The standard InChI is InChI=1S/C22H31N3O/c1-15(2)25(16(3)4)13-14-26-21-12-11-18(17-7-5-8-19(17)21)20-9-6-10-22(23)24-20/h6,9-12,15-16H,5,7-8,13-14H2,1-4H3,(H2,23,24). The number of anilines is 1. The topological polar surface area (TPSA) is 51.4 Å². The number of aromatic nitrogens is 1. The molecule has 3 rings (SSSR count). The molecule has 1 aromatic carbocycles. The van der Waals surface area contributed by atoms with Crippen molar-refractivity contribution in [2.45, 2.75) is 59.0 Å². The van der Waals surface area contributed by atoms with Gasteiger partial charge in [0.05, 0.1) is 5.69 Å². The fourth-order valence-corrected chi connectivity index (χ4v) is 4.02. The van der Waals surface area contributed by atoms with E-state index >= 15 is 0 Å². The van der Waals surface area contributed by atoms with Crippen molar-refractivity contribution in [3.05, 3.63) is 41.5 Å². The number of nitrogens with zero attached hydrogens (tertiary/aromatic N) is 2. The van der Waals surface area contributed by atoms with Gasteiger partial charge in [0.25, 0.3) is 0 Å². The molecule has 0 saturated heterocycles. The summed E-state index contributed by atoms with van der Waals surface area (Å²) < 4.78 is 6.21. The summed E-state index contributed by atoms with van der Waals surface area (Å²) in [5, 5.41) is 0. The Morgan fingerprint density at radius 2 is 1.77 bits per heavy atom. The first-order valence-electron chi connectivity index (χ1n) is 9.73. The average molecular weight is 354 g/mol. The number of benzene rings is 1. The lowest BCUT2D eigenvalue weighted by molar-refractivity contribution is 0.141. The minimum Gasteiger partial charge on any atom is -0.492 e. The van der Waals surface area contributed by atoms with E-state index in [0.717, 1.165) is 37.4 Å². The summed E-state index contributed by atoms with van der Waals surface area (Å²) in [4.78, 5) is 6.97. The van der Waals surface area contributed by atoms with Crippen molar-refractivity contribution in [2.75, 3.05) is 18.9 Å². The molecule has 0 radical (unpaired) electrons. The average Bonchev–Trinajstić information content (AvgIpc) is 3.07. The van der Waals surface area contributed by atoms with Gasteiger partial charge in [-0.3, -0.25) is 4.90 Å². The maximum atomic E-state index is 6.21. The number of hydrogen-bond acceptors (Lipinski definition) is 4. The van der Waals surface area contributed by atoms with Gasteiger partial charge in [-0.25, -0.2) is 4.98 Å². The van der Waals surface area contributed by atoms with Crippen LogP contribution in [0.5, 0.6) is 5.75 Å². The van der Waals surface area contributed by atoms with Crippen molar-refractivity contribution < 1.29 is 4.74 Å². The molecule has 1 aliphatic rings. The van der Waals surface area contributed by atoms with Crippen molar-refractivity contribution in [1.29, 1.82) is 0 Å². The molecule has 2 N–H and O–H groups in total. The molecule has 4 nitrogen and oxygen atoms in total. The molecular weight excluding hydrogens is 322 g/mol. The zero-order chi connectivity index (χ0) is 18.7. The van der Waals surface area contributed by atoms with Crippen LogP contribution in [0.2, 0.25) is 0 Å². The van der Waals surface area contributed by atoms with E-state index in [1.165, 1.54) is 23.1 Å². The molecule has 0 saturated carbocycles. The van der Waals surface area contributed by atoms with E-state index in [1.54, 1.807) is 0 Å². The molecule has 0 spiro atoms. The van der Waals surface area contributed by atoms with Crippen LogP contribution in [-0.4, -0.2) is 35.1 Å². The fourth-order valence-electron chi connectivity index (χ4n) is 4.02. The Kier molecular flexibility index (Phi) is 5.82. The lowest BCUT2D eigenvalue weighted by Crippen LogP contribution is -2.39. The Hall–Kier alpha value is -2.07. The number of nitrogen functional groups attached to an aromatic ring is 1. The van der Waals surface area contributed by atoms with E-state index in [1.807, 2.05) is 18.2 Å². The van der Waals surface area contributed by atoms with Crippen LogP contribution in [0.3, 0.4) is 0 Å². The second-order valence-electron chi connectivity index (χ2n) is 7.64. The molecule has 1 aliphatic carbocycles. The maximum absolute atomic E-state index is 6.21. The van der Waals surface area contributed by atoms with E-state index in [9.17, 15) is 0 Å². The predicted molar refractivity (Wildman–Crippen MR) is 109 cm³/mol. The van der Waals surface area contributed by atoms with Crippen LogP contribution in [0.25, 0.3) is 11.3 Å². The lowest BCUT2D eigenvalue weighted by Gasteiger charge is -2.30. The van der Waals surface area contributed by atoms with Crippen LogP contribution < -0.4 is 10.5 Å². The summed E-state index contributed by atoms with van der Waals surface area (Å²) in [6, 6.07) is 11.1. The van der Waals surface area contributed by atoms with Gasteiger partial charge in [-0.2, -0.15) is 0 Å². The highest BCUT2D eigenvalue weighted by Gasteiger charge is 2.21. The number of hydrogen-bond donors (Lipinski definition) is 1. The molecule has 0 unspecified atom stereocenters. The Balaban J connectivity index is 1.77. The number of ether oxygens (including phenoxy) is 1. The fraction of sp³-hybridized carbons (Fsp3) is 0.500. The van der Waals surface area contributed by atoms with Crippen LogP contribution in [0.15, 0.2) is 30.3 Å². The zero-order valence-corrected chi connectivity index (χ0v) is 16.5. The molecule has 4 heteroatoms. The largest absolute Gasteiger partial charge is 0.492 e. The molecule has 26 heavy (non-hydrogen) atoms.